The van der Waals surface area contributed by atoms with Gasteiger partial charge in [-0.2, -0.15) is 18.1 Å². The molecule has 15 heteroatoms. The lowest BCUT2D eigenvalue weighted by Crippen LogP contribution is -2.43. The van der Waals surface area contributed by atoms with E-state index in [0.717, 1.165) is 12.1 Å². The van der Waals surface area contributed by atoms with Crippen LogP contribution in [0.2, 0.25) is 10.0 Å². The molecule has 0 saturated heterocycles. The van der Waals surface area contributed by atoms with Gasteiger partial charge in [-0.05, 0) is 55.2 Å². The number of oxime groups is 1. The van der Waals surface area contributed by atoms with E-state index in [9.17, 15) is 36.7 Å². The maximum Gasteiger partial charge on any atom is 0.435 e. The van der Waals surface area contributed by atoms with Gasteiger partial charge in [0.15, 0.2) is 5.82 Å². The molecule has 2 aliphatic rings. The minimum absolute atomic E-state index is 0.115. The fraction of sp³-hybridized carbons (Fsp3) is 0.393. The molecule has 0 N–H and O–H groups in total. The number of hydrogen-bond donors (Lipinski definition) is 0. The van der Waals surface area contributed by atoms with E-state index >= 15 is 0 Å². The van der Waals surface area contributed by atoms with Crippen LogP contribution in [0.25, 0.3) is 0 Å². The lowest BCUT2D eigenvalue weighted by atomic mass is 9.86. The van der Waals surface area contributed by atoms with Crippen molar-refractivity contribution in [3.05, 3.63) is 68.4 Å². The van der Waals surface area contributed by atoms with Crippen LogP contribution >= 0.6 is 23.2 Å². The Bertz CT molecular complexity index is 1520. The van der Waals surface area contributed by atoms with Crippen LogP contribution in [0.5, 0.6) is 0 Å². The topological polar surface area (TPSA) is 112 Å². The highest BCUT2D eigenvalue weighted by molar-refractivity contribution is 6.35. The van der Waals surface area contributed by atoms with Gasteiger partial charge in [0, 0.05) is 24.0 Å². The van der Waals surface area contributed by atoms with Crippen molar-refractivity contribution in [3.8, 4) is 0 Å². The molecule has 2 aromatic rings. The second-order valence-electron chi connectivity index (χ2n) is 10.1. The maximum absolute atomic E-state index is 14.4. The van der Waals surface area contributed by atoms with Crippen LogP contribution in [0.15, 0.2) is 35.5 Å². The number of esters is 1. The third kappa shape index (κ3) is 5.92. The average molecular weight is 647 g/mol. The molecule has 9 nitrogen and oxygen atoms in total. The number of amides is 3. The zero-order chi connectivity index (χ0) is 31.9. The number of nitrogens with zero attached hydrogens (tertiary/aromatic N) is 2. The molecular weight excluding hydrogens is 623 g/mol. The summed E-state index contributed by atoms with van der Waals surface area (Å²) in [7, 11) is 1.19. The van der Waals surface area contributed by atoms with E-state index in [4.69, 9.17) is 37.5 Å². The van der Waals surface area contributed by atoms with Gasteiger partial charge in [-0.15, -0.1) is 0 Å². The average Bonchev–Trinajstić information content (AvgIpc) is 3.61. The van der Waals surface area contributed by atoms with Crippen LogP contribution < -0.4 is 0 Å². The van der Waals surface area contributed by atoms with E-state index in [1.165, 1.54) is 39.2 Å². The summed E-state index contributed by atoms with van der Waals surface area (Å²) in [6, 6.07) is 5.35. The van der Waals surface area contributed by atoms with E-state index < -0.39 is 68.9 Å². The number of aryl methyl sites for hydroxylation is 1. The van der Waals surface area contributed by atoms with E-state index in [1.807, 2.05) is 0 Å². The van der Waals surface area contributed by atoms with E-state index in [2.05, 4.69) is 5.16 Å². The van der Waals surface area contributed by atoms with Crippen molar-refractivity contribution < 1.29 is 51.1 Å². The first-order valence-corrected chi connectivity index (χ1v) is 13.6. The monoisotopic (exact) mass is 646 g/mol. The number of benzene rings is 2. The Morgan fingerprint density at radius 2 is 1.72 bits per heavy atom. The molecule has 4 rings (SSSR count). The third-order valence-electron chi connectivity index (χ3n) is 7.31. The summed E-state index contributed by atoms with van der Waals surface area (Å²) in [5.41, 5.74) is -4.55. The van der Waals surface area contributed by atoms with Crippen molar-refractivity contribution in [1.82, 2.24) is 4.90 Å². The molecule has 0 aromatic heterocycles. The van der Waals surface area contributed by atoms with E-state index in [-0.39, 0.29) is 35.4 Å². The first-order chi connectivity index (χ1) is 20.1. The number of alkyl halides is 3. The molecule has 1 aliphatic carbocycles. The molecule has 3 amide bonds. The SMILES string of the molecule is CCC(=O)N(C(=O)OCC1(C(=O)OC)CC1)C(=O)c1ccc(C2=NOC(c3cc(Cl)c(F)c(Cl)c3)(C(F)(F)F)C2)cc1C. The van der Waals surface area contributed by atoms with Gasteiger partial charge in [0.1, 0.15) is 12.0 Å². The van der Waals surface area contributed by atoms with Gasteiger partial charge in [0.2, 0.25) is 5.91 Å². The second-order valence-corrected chi connectivity index (χ2v) is 10.9. The highest BCUT2D eigenvalue weighted by Crippen LogP contribution is 2.50. The van der Waals surface area contributed by atoms with E-state index in [0.29, 0.717) is 17.7 Å². The van der Waals surface area contributed by atoms with Crippen LogP contribution in [0.1, 0.15) is 59.7 Å². The van der Waals surface area contributed by atoms with Gasteiger partial charge in [-0.3, -0.25) is 14.4 Å². The molecule has 2 aromatic carbocycles. The summed E-state index contributed by atoms with van der Waals surface area (Å²) in [5.74, 6) is -3.57. The Morgan fingerprint density at radius 3 is 2.23 bits per heavy atom. The molecular formula is C28H24Cl2F4N2O7. The number of hydrogen-bond acceptors (Lipinski definition) is 8. The van der Waals surface area contributed by atoms with Crippen LogP contribution in [0.4, 0.5) is 22.4 Å². The lowest BCUT2D eigenvalue weighted by Gasteiger charge is -2.29. The summed E-state index contributed by atoms with van der Waals surface area (Å²) in [5, 5.41) is 2.36. The predicted molar refractivity (Wildman–Crippen MR) is 144 cm³/mol. The zero-order valence-electron chi connectivity index (χ0n) is 22.9. The Hall–Kier alpha value is -3.71. The molecule has 0 spiro atoms. The minimum Gasteiger partial charge on any atom is -0.468 e. The maximum atomic E-state index is 14.4. The molecule has 43 heavy (non-hydrogen) atoms. The standard InChI is InChI=1S/C28H24Cl2F4N2O7/c1-4-21(37)36(25(40)42-13-26(7-8-26)24(39)41-3)23(38)17-6-5-15(9-14(17)2)20-12-27(43-35-20,28(32,33)34)16-10-18(29)22(31)19(30)11-16/h5-6,9-11H,4,7-8,12-13H2,1-3H3. The highest BCUT2D eigenvalue weighted by atomic mass is 35.5. The molecule has 0 bridgehead atoms. The fourth-order valence-corrected chi connectivity index (χ4v) is 5.03. The van der Waals surface area contributed by atoms with Crippen molar-refractivity contribution in [2.24, 2.45) is 10.6 Å². The van der Waals surface area contributed by atoms with Crippen molar-refractivity contribution >= 4 is 52.8 Å². The minimum atomic E-state index is -5.03. The molecule has 1 atom stereocenters. The molecule has 0 radical (unpaired) electrons. The van der Waals surface area contributed by atoms with Crippen molar-refractivity contribution in [2.45, 2.75) is 51.3 Å². The molecule has 1 saturated carbocycles. The third-order valence-corrected chi connectivity index (χ3v) is 7.86. The smallest absolute Gasteiger partial charge is 0.435 e. The number of rotatable bonds is 7. The number of methoxy groups -OCH3 is 1. The van der Waals surface area contributed by atoms with Gasteiger partial charge in [-0.25, -0.2) is 9.18 Å². The quantitative estimate of drug-likeness (QED) is 0.192. The molecule has 230 valence electrons. The summed E-state index contributed by atoms with van der Waals surface area (Å²) < 4.78 is 66.8. The second kappa shape index (κ2) is 11.8. The van der Waals surface area contributed by atoms with E-state index in [1.54, 1.807) is 0 Å². The Morgan fingerprint density at radius 1 is 1.09 bits per heavy atom. The first kappa shape index (κ1) is 32.2. The van der Waals surface area contributed by atoms with Crippen molar-refractivity contribution in [3.63, 3.8) is 0 Å². The number of carbonyl (C=O) groups excluding carboxylic acids is 4. The Balaban J connectivity index is 1.58. The van der Waals surface area contributed by atoms with Gasteiger partial charge in [-0.1, -0.05) is 41.3 Å². The summed E-state index contributed by atoms with van der Waals surface area (Å²) in [6.07, 6.45) is -6.55. The first-order valence-electron chi connectivity index (χ1n) is 12.8. The Kier molecular flexibility index (Phi) is 8.81. The normalized spacial score (nSPS) is 18.8. The van der Waals surface area contributed by atoms with Crippen molar-refractivity contribution in [1.29, 1.82) is 0 Å². The van der Waals surface area contributed by atoms with Crippen molar-refractivity contribution in [2.75, 3.05) is 13.7 Å². The van der Waals surface area contributed by atoms with Crippen LogP contribution in [0, 0.1) is 18.2 Å². The van der Waals surface area contributed by atoms with Gasteiger partial charge < -0.3 is 14.3 Å². The van der Waals surface area contributed by atoms with Crippen LogP contribution in [-0.2, 0) is 29.5 Å². The number of halogens is 6. The number of ether oxygens (including phenoxy) is 2. The lowest BCUT2D eigenvalue weighted by molar-refractivity contribution is -0.275. The van der Waals surface area contributed by atoms with Gasteiger partial charge >= 0.3 is 18.2 Å². The largest absolute Gasteiger partial charge is 0.468 e. The Labute approximate surface area is 252 Å². The molecule has 1 fully saturated rings. The van der Waals surface area contributed by atoms with Crippen LogP contribution in [-0.4, -0.2) is 54.4 Å². The summed E-state index contributed by atoms with van der Waals surface area (Å²) in [6.45, 7) is 2.48. The van der Waals surface area contributed by atoms with Gasteiger partial charge in [0.25, 0.3) is 11.5 Å². The number of imide groups is 3. The molecule has 1 aliphatic heterocycles. The highest BCUT2D eigenvalue weighted by Gasteiger charge is 2.62. The summed E-state index contributed by atoms with van der Waals surface area (Å²) >= 11 is 11.5. The summed E-state index contributed by atoms with van der Waals surface area (Å²) in [4.78, 5) is 55.9. The molecule has 1 heterocycles. The number of carbonyl (C=O) groups is 4. The fourth-order valence-electron chi connectivity index (χ4n) is 4.55. The zero-order valence-corrected chi connectivity index (χ0v) is 24.5. The molecule has 1 unspecified atom stereocenters. The van der Waals surface area contributed by atoms with Crippen LogP contribution in [0.3, 0.4) is 0 Å². The van der Waals surface area contributed by atoms with Gasteiger partial charge in [0.05, 0.1) is 22.9 Å². The predicted octanol–water partition coefficient (Wildman–Crippen LogP) is 6.49.